The predicted molar refractivity (Wildman–Crippen MR) is 224 cm³/mol. The summed E-state index contributed by atoms with van der Waals surface area (Å²) in [5.41, 5.74) is 14.2. The van der Waals surface area contributed by atoms with Crippen LogP contribution in [-0.4, -0.2) is 15.0 Å². The van der Waals surface area contributed by atoms with Crippen molar-refractivity contribution in [3.05, 3.63) is 222 Å². The van der Waals surface area contributed by atoms with Crippen molar-refractivity contribution in [2.75, 3.05) is 0 Å². The van der Waals surface area contributed by atoms with E-state index >= 15 is 0 Å². The smallest absolute Gasteiger partial charge is 0.164 e. The van der Waals surface area contributed by atoms with Gasteiger partial charge < -0.3 is 4.74 Å². The number of aromatic nitrogens is 3. The van der Waals surface area contributed by atoms with Gasteiger partial charge in [-0.15, -0.1) is 0 Å². The fraction of sp³-hybridized carbons (Fsp3) is 0.0192. The highest BCUT2D eigenvalue weighted by atomic mass is 16.5. The molecule has 0 amide bonds. The minimum absolute atomic E-state index is 0.580. The molecule has 262 valence electrons. The fourth-order valence-electron chi connectivity index (χ4n) is 8.64. The molecule has 0 radical (unpaired) electrons. The highest BCUT2D eigenvalue weighted by Gasteiger charge is 2.51. The number of nitrogens with zero attached hydrogens (tertiary/aromatic N) is 3. The lowest BCUT2D eigenvalue weighted by atomic mass is 9.65. The maximum Gasteiger partial charge on any atom is 0.164 e. The molecule has 1 spiro atoms. The zero-order chi connectivity index (χ0) is 37.1. The third-order valence-corrected chi connectivity index (χ3v) is 11.2. The predicted octanol–water partition coefficient (Wildman–Crippen LogP) is 12.7. The van der Waals surface area contributed by atoms with Crippen molar-refractivity contribution in [2.45, 2.75) is 5.41 Å². The maximum atomic E-state index is 6.64. The van der Waals surface area contributed by atoms with Gasteiger partial charge in [0.05, 0.1) is 5.41 Å². The SMILES string of the molecule is c1ccc(-c2ccc3c(c2)C2(c4ccccc4Oc4ccccc42)c2cc(-c4ccc(-c5nc(-c6ccccc6)nc(-c6ccccc6)n5)cc4)ccc2-3)cc1. The molecule has 0 N–H and O–H groups in total. The van der Waals surface area contributed by atoms with Crippen LogP contribution in [-0.2, 0) is 5.41 Å². The third-order valence-electron chi connectivity index (χ3n) is 11.2. The summed E-state index contributed by atoms with van der Waals surface area (Å²) in [5, 5.41) is 0. The molecule has 1 aromatic heterocycles. The maximum absolute atomic E-state index is 6.64. The van der Waals surface area contributed by atoms with Crippen LogP contribution >= 0.6 is 0 Å². The van der Waals surface area contributed by atoms with Crippen molar-refractivity contribution in [2.24, 2.45) is 0 Å². The van der Waals surface area contributed by atoms with Crippen LogP contribution in [0.1, 0.15) is 22.3 Å². The third kappa shape index (κ3) is 5.04. The van der Waals surface area contributed by atoms with Crippen molar-refractivity contribution >= 4 is 0 Å². The molecule has 0 fully saturated rings. The van der Waals surface area contributed by atoms with Gasteiger partial charge in [0.25, 0.3) is 0 Å². The van der Waals surface area contributed by atoms with E-state index in [2.05, 4.69) is 140 Å². The van der Waals surface area contributed by atoms with Crippen molar-refractivity contribution in [1.29, 1.82) is 0 Å². The summed E-state index contributed by atoms with van der Waals surface area (Å²) in [5.74, 6) is 3.69. The average Bonchev–Trinajstić information content (AvgIpc) is 3.56. The summed E-state index contributed by atoms with van der Waals surface area (Å²) in [7, 11) is 0. The first-order chi connectivity index (χ1) is 27.7. The summed E-state index contributed by atoms with van der Waals surface area (Å²) in [4.78, 5) is 14.8. The zero-order valence-corrected chi connectivity index (χ0v) is 30.3. The van der Waals surface area contributed by atoms with Gasteiger partial charge in [0, 0.05) is 27.8 Å². The molecule has 8 aromatic carbocycles. The monoisotopic (exact) mass is 715 g/mol. The molecule has 0 unspecified atom stereocenters. The van der Waals surface area contributed by atoms with Crippen LogP contribution in [0.25, 0.3) is 67.5 Å². The Morgan fingerprint density at radius 1 is 0.286 bits per heavy atom. The molecule has 4 nitrogen and oxygen atoms in total. The topological polar surface area (TPSA) is 47.9 Å². The van der Waals surface area contributed by atoms with Crippen molar-refractivity contribution in [3.8, 4) is 79.0 Å². The average molecular weight is 716 g/mol. The van der Waals surface area contributed by atoms with Gasteiger partial charge >= 0.3 is 0 Å². The Balaban J connectivity index is 1.07. The number of rotatable bonds is 5. The zero-order valence-electron chi connectivity index (χ0n) is 30.3. The molecule has 2 aliphatic rings. The first-order valence-electron chi connectivity index (χ1n) is 18.9. The Morgan fingerprint density at radius 3 is 1.09 bits per heavy atom. The lowest BCUT2D eigenvalue weighted by Crippen LogP contribution is -2.32. The van der Waals surface area contributed by atoms with E-state index in [0.29, 0.717) is 17.5 Å². The van der Waals surface area contributed by atoms with E-state index < -0.39 is 5.41 Å². The molecule has 1 aliphatic carbocycles. The minimum Gasteiger partial charge on any atom is -0.457 e. The molecule has 9 aromatic rings. The van der Waals surface area contributed by atoms with Gasteiger partial charge in [0.15, 0.2) is 17.5 Å². The molecule has 0 bridgehead atoms. The van der Waals surface area contributed by atoms with Crippen LogP contribution in [0.5, 0.6) is 11.5 Å². The second-order valence-electron chi connectivity index (χ2n) is 14.3. The summed E-state index contributed by atoms with van der Waals surface area (Å²) >= 11 is 0. The minimum atomic E-state index is -0.580. The van der Waals surface area contributed by atoms with Gasteiger partial charge in [-0.05, 0) is 68.8 Å². The van der Waals surface area contributed by atoms with Gasteiger partial charge in [-0.1, -0.05) is 176 Å². The second kappa shape index (κ2) is 12.9. The van der Waals surface area contributed by atoms with Crippen LogP contribution in [0.3, 0.4) is 0 Å². The highest BCUT2D eigenvalue weighted by Crippen LogP contribution is 2.62. The van der Waals surface area contributed by atoms with Gasteiger partial charge in [-0.2, -0.15) is 0 Å². The number of ether oxygens (including phenoxy) is 1. The molecule has 0 saturated heterocycles. The largest absolute Gasteiger partial charge is 0.457 e. The molecular weight excluding hydrogens is 683 g/mol. The van der Waals surface area contributed by atoms with E-state index in [1.807, 2.05) is 60.7 Å². The van der Waals surface area contributed by atoms with E-state index in [0.717, 1.165) is 50.4 Å². The molecule has 56 heavy (non-hydrogen) atoms. The Kier molecular flexibility index (Phi) is 7.36. The Bertz CT molecular complexity index is 2820. The summed E-state index contributed by atoms with van der Waals surface area (Å²) in [6.07, 6.45) is 0. The standard InChI is InChI=1S/C52H33N3O/c1-4-14-34(15-5-1)39-28-30-41-42-31-29-40(33-46(42)52(45(41)32-39)43-20-10-12-22-47(43)56-48-23-13-11-21-44(48)52)35-24-26-38(27-25-35)51-54-49(36-16-6-2-7-17-36)53-50(55-51)37-18-8-3-9-19-37/h1-33H. The van der Waals surface area contributed by atoms with Crippen LogP contribution in [0, 0.1) is 0 Å². The van der Waals surface area contributed by atoms with E-state index in [9.17, 15) is 0 Å². The number of fused-ring (bicyclic) bond motifs is 9. The van der Waals surface area contributed by atoms with Gasteiger partial charge in [0.2, 0.25) is 0 Å². The molecule has 2 heterocycles. The van der Waals surface area contributed by atoms with Crippen molar-refractivity contribution < 1.29 is 4.74 Å². The quantitative estimate of drug-likeness (QED) is 0.178. The fourth-order valence-corrected chi connectivity index (χ4v) is 8.64. The number of benzene rings is 8. The van der Waals surface area contributed by atoms with Gasteiger partial charge in [0.1, 0.15) is 11.5 Å². The molecule has 4 heteroatoms. The van der Waals surface area contributed by atoms with E-state index in [-0.39, 0.29) is 0 Å². The van der Waals surface area contributed by atoms with E-state index in [4.69, 9.17) is 19.7 Å². The molecule has 11 rings (SSSR count). The number of hydrogen-bond acceptors (Lipinski definition) is 4. The first kappa shape index (κ1) is 32.0. The van der Waals surface area contributed by atoms with Crippen LogP contribution in [0.15, 0.2) is 200 Å². The summed E-state index contributed by atoms with van der Waals surface area (Å²) < 4.78 is 6.64. The van der Waals surface area contributed by atoms with Gasteiger partial charge in [-0.25, -0.2) is 15.0 Å². The van der Waals surface area contributed by atoms with Crippen molar-refractivity contribution in [3.63, 3.8) is 0 Å². The Hall–Kier alpha value is -7.43. The van der Waals surface area contributed by atoms with Crippen LogP contribution in [0.2, 0.25) is 0 Å². The van der Waals surface area contributed by atoms with E-state index in [1.165, 1.54) is 33.4 Å². The molecule has 0 saturated carbocycles. The summed E-state index contributed by atoms with van der Waals surface area (Å²) in [6, 6.07) is 70.4. The van der Waals surface area contributed by atoms with Crippen LogP contribution < -0.4 is 4.74 Å². The van der Waals surface area contributed by atoms with Gasteiger partial charge in [-0.3, -0.25) is 0 Å². The molecule has 1 aliphatic heterocycles. The molecular formula is C52H33N3O. The molecule has 0 atom stereocenters. The van der Waals surface area contributed by atoms with E-state index in [1.54, 1.807) is 0 Å². The number of para-hydroxylation sites is 2. The lowest BCUT2D eigenvalue weighted by molar-refractivity contribution is 0.436. The summed E-state index contributed by atoms with van der Waals surface area (Å²) in [6.45, 7) is 0. The van der Waals surface area contributed by atoms with Crippen molar-refractivity contribution in [1.82, 2.24) is 15.0 Å². The lowest BCUT2D eigenvalue weighted by Gasteiger charge is -2.39. The number of hydrogen-bond donors (Lipinski definition) is 0. The Morgan fingerprint density at radius 2 is 0.625 bits per heavy atom. The highest BCUT2D eigenvalue weighted by molar-refractivity contribution is 5.92. The Labute approximate surface area is 325 Å². The normalized spacial score (nSPS) is 12.9. The second-order valence-corrected chi connectivity index (χ2v) is 14.3. The first-order valence-corrected chi connectivity index (χ1v) is 18.9. The van der Waals surface area contributed by atoms with Crippen LogP contribution in [0.4, 0.5) is 0 Å².